The maximum Gasteiger partial charge on any atom is 0.271 e. The summed E-state index contributed by atoms with van der Waals surface area (Å²) >= 11 is 9.65. The van der Waals surface area contributed by atoms with Crippen LogP contribution in [0.25, 0.3) is 0 Å². The van der Waals surface area contributed by atoms with Gasteiger partial charge < -0.3 is 10.1 Å². The van der Waals surface area contributed by atoms with E-state index in [4.69, 9.17) is 16.3 Å². The van der Waals surface area contributed by atoms with E-state index < -0.39 is 4.92 Å². The summed E-state index contributed by atoms with van der Waals surface area (Å²) < 4.78 is 6.88. The minimum absolute atomic E-state index is 0.0458. The quantitative estimate of drug-likeness (QED) is 0.346. The number of nitrogens with zero attached hydrogens (tertiary/aromatic N) is 1. The van der Waals surface area contributed by atoms with E-state index in [1.807, 2.05) is 42.5 Å². The fourth-order valence-corrected chi connectivity index (χ4v) is 3.12. The van der Waals surface area contributed by atoms with E-state index in [9.17, 15) is 10.1 Å². The zero-order valence-corrected chi connectivity index (χ0v) is 16.5. The molecular weight excluding hydrogens is 432 g/mol. The summed E-state index contributed by atoms with van der Waals surface area (Å²) in [7, 11) is 0. The molecule has 0 aliphatic heterocycles. The van der Waals surface area contributed by atoms with Crippen LogP contribution in [0.4, 0.5) is 11.4 Å². The average molecular weight is 448 g/mol. The van der Waals surface area contributed by atoms with Crippen molar-refractivity contribution >= 4 is 38.9 Å². The van der Waals surface area contributed by atoms with Crippen molar-refractivity contribution in [3.8, 4) is 5.75 Å². The molecule has 0 saturated heterocycles. The van der Waals surface area contributed by atoms with Crippen LogP contribution in [0.5, 0.6) is 5.75 Å². The van der Waals surface area contributed by atoms with Crippen LogP contribution in [-0.2, 0) is 13.2 Å². The molecule has 1 N–H and O–H groups in total. The molecule has 0 bridgehead atoms. The Hall–Kier alpha value is -2.57. The van der Waals surface area contributed by atoms with Crippen LogP contribution < -0.4 is 10.1 Å². The Morgan fingerprint density at radius 3 is 2.63 bits per heavy atom. The van der Waals surface area contributed by atoms with Gasteiger partial charge >= 0.3 is 0 Å². The normalized spacial score (nSPS) is 10.4. The zero-order valence-electron chi connectivity index (χ0n) is 14.2. The Balaban J connectivity index is 1.73. The van der Waals surface area contributed by atoms with Gasteiger partial charge in [0.15, 0.2) is 0 Å². The number of hydrogen-bond donors (Lipinski definition) is 1. The van der Waals surface area contributed by atoms with Crippen LogP contribution in [0.3, 0.4) is 0 Å². The average Bonchev–Trinajstić information content (AvgIpc) is 2.67. The van der Waals surface area contributed by atoms with Gasteiger partial charge in [-0.3, -0.25) is 10.1 Å². The van der Waals surface area contributed by atoms with Crippen molar-refractivity contribution in [3.63, 3.8) is 0 Å². The molecule has 7 heteroatoms. The molecule has 3 aromatic carbocycles. The number of nitro groups is 1. The van der Waals surface area contributed by atoms with Gasteiger partial charge in [0.2, 0.25) is 0 Å². The molecular formula is C20H16BrClN2O3. The second-order valence-corrected chi connectivity index (χ2v) is 7.12. The number of ether oxygens (including phenoxy) is 1. The molecule has 0 fully saturated rings. The number of non-ortho nitro benzene ring substituents is 1. The fraction of sp³-hybridized carbons (Fsp3) is 0.100. The van der Waals surface area contributed by atoms with Gasteiger partial charge in [-0.1, -0.05) is 51.8 Å². The van der Waals surface area contributed by atoms with Crippen LogP contribution in [0.2, 0.25) is 5.02 Å². The van der Waals surface area contributed by atoms with E-state index in [1.54, 1.807) is 12.1 Å². The lowest BCUT2D eigenvalue weighted by molar-refractivity contribution is -0.384. The van der Waals surface area contributed by atoms with Gasteiger partial charge in [0.25, 0.3) is 5.69 Å². The summed E-state index contributed by atoms with van der Waals surface area (Å²) in [4.78, 5) is 10.5. The molecule has 0 aliphatic rings. The van der Waals surface area contributed by atoms with Crippen molar-refractivity contribution in [1.29, 1.82) is 0 Å². The summed E-state index contributed by atoms with van der Waals surface area (Å²) in [5, 5.41) is 14.8. The Labute approximate surface area is 170 Å². The minimum Gasteiger partial charge on any atom is -0.488 e. The minimum atomic E-state index is -0.414. The molecule has 0 aromatic heterocycles. The lowest BCUT2D eigenvalue weighted by Crippen LogP contribution is -2.04. The number of benzene rings is 3. The highest BCUT2D eigenvalue weighted by Gasteiger charge is 2.09. The lowest BCUT2D eigenvalue weighted by atomic mass is 10.2. The van der Waals surface area contributed by atoms with Gasteiger partial charge in [-0.05, 0) is 30.3 Å². The predicted octanol–water partition coefficient (Wildman–Crippen LogP) is 6.20. The Morgan fingerprint density at radius 2 is 1.85 bits per heavy atom. The standard InChI is InChI=1S/C20H16BrClN2O3/c21-16-8-9-20(27-13-14-4-1-2-7-19(14)22)15(10-16)12-23-17-5-3-6-18(11-17)24(25)26/h1-11,23H,12-13H2. The molecule has 0 atom stereocenters. The van der Waals surface area contributed by atoms with E-state index >= 15 is 0 Å². The van der Waals surface area contributed by atoms with Crippen LogP contribution in [0.1, 0.15) is 11.1 Å². The van der Waals surface area contributed by atoms with E-state index in [0.29, 0.717) is 23.9 Å². The number of hydrogen-bond acceptors (Lipinski definition) is 4. The first-order chi connectivity index (χ1) is 13.0. The second kappa shape index (κ2) is 8.88. The molecule has 0 heterocycles. The number of halogens is 2. The monoisotopic (exact) mass is 446 g/mol. The van der Waals surface area contributed by atoms with E-state index in [1.165, 1.54) is 12.1 Å². The largest absolute Gasteiger partial charge is 0.488 e. The second-order valence-electron chi connectivity index (χ2n) is 5.79. The first kappa shape index (κ1) is 19.2. The smallest absolute Gasteiger partial charge is 0.271 e. The van der Waals surface area contributed by atoms with Gasteiger partial charge in [-0.25, -0.2) is 0 Å². The topological polar surface area (TPSA) is 64.4 Å². The summed E-state index contributed by atoms with van der Waals surface area (Å²) in [6, 6.07) is 19.7. The van der Waals surface area contributed by atoms with Crippen molar-refractivity contribution in [2.75, 3.05) is 5.32 Å². The summed E-state index contributed by atoms with van der Waals surface area (Å²) in [6.45, 7) is 0.809. The molecule has 0 unspecified atom stereocenters. The first-order valence-electron chi connectivity index (χ1n) is 8.16. The number of nitrogens with one attached hydrogen (secondary N) is 1. The highest BCUT2D eigenvalue weighted by molar-refractivity contribution is 9.10. The van der Waals surface area contributed by atoms with E-state index in [-0.39, 0.29) is 5.69 Å². The molecule has 3 aromatic rings. The third kappa shape index (κ3) is 5.21. The Morgan fingerprint density at radius 1 is 1.04 bits per heavy atom. The van der Waals surface area contributed by atoms with Gasteiger partial charge in [-0.2, -0.15) is 0 Å². The Bertz CT molecular complexity index is 965. The van der Waals surface area contributed by atoms with Gasteiger partial charge in [0.05, 0.1) is 4.92 Å². The van der Waals surface area contributed by atoms with Gasteiger partial charge in [0, 0.05) is 45.0 Å². The molecule has 0 aliphatic carbocycles. The molecule has 0 radical (unpaired) electrons. The van der Waals surface area contributed by atoms with E-state index in [2.05, 4.69) is 21.2 Å². The first-order valence-corrected chi connectivity index (χ1v) is 9.33. The highest BCUT2D eigenvalue weighted by Crippen LogP contribution is 2.27. The van der Waals surface area contributed by atoms with Crippen molar-refractivity contribution in [1.82, 2.24) is 0 Å². The number of nitro benzene ring substituents is 1. The molecule has 5 nitrogen and oxygen atoms in total. The fourth-order valence-electron chi connectivity index (χ4n) is 2.52. The molecule has 0 amide bonds. The molecule has 0 spiro atoms. The molecule has 3 rings (SSSR count). The van der Waals surface area contributed by atoms with E-state index in [0.717, 1.165) is 21.3 Å². The third-order valence-corrected chi connectivity index (χ3v) is 4.77. The van der Waals surface area contributed by atoms with Gasteiger partial charge in [0.1, 0.15) is 12.4 Å². The molecule has 138 valence electrons. The van der Waals surface area contributed by atoms with Crippen molar-refractivity contribution < 1.29 is 9.66 Å². The maximum absolute atomic E-state index is 10.9. The van der Waals surface area contributed by atoms with Crippen LogP contribution in [0, 0.1) is 10.1 Å². The summed E-state index contributed by atoms with van der Waals surface area (Å²) in [5.41, 5.74) is 2.54. The van der Waals surface area contributed by atoms with Crippen molar-refractivity contribution in [2.24, 2.45) is 0 Å². The number of rotatable bonds is 7. The van der Waals surface area contributed by atoms with Crippen molar-refractivity contribution in [3.05, 3.63) is 97.5 Å². The number of anilines is 1. The van der Waals surface area contributed by atoms with Crippen LogP contribution in [0.15, 0.2) is 71.2 Å². The molecule has 0 saturated carbocycles. The predicted molar refractivity (Wildman–Crippen MR) is 110 cm³/mol. The SMILES string of the molecule is O=[N+]([O-])c1cccc(NCc2cc(Br)ccc2OCc2ccccc2Cl)c1. The van der Waals surface area contributed by atoms with Crippen molar-refractivity contribution in [2.45, 2.75) is 13.2 Å². The Kier molecular flexibility index (Phi) is 6.32. The highest BCUT2D eigenvalue weighted by atomic mass is 79.9. The van der Waals surface area contributed by atoms with Gasteiger partial charge in [-0.15, -0.1) is 0 Å². The molecule has 27 heavy (non-hydrogen) atoms. The maximum atomic E-state index is 10.9. The summed E-state index contributed by atoms with van der Waals surface area (Å²) in [6.07, 6.45) is 0. The lowest BCUT2D eigenvalue weighted by Gasteiger charge is -2.14. The summed E-state index contributed by atoms with van der Waals surface area (Å²) in [5.74, 6) is 0.719. The third-order valence-electron chi connectivity index (χ3n) is 3.90. The van der Waals surface area contributed by atoms with Crippen LogP contribution in [-0.4, -0.2) is 4.92 Å². The zero-order chi connectivity index (χ0) is 19.2. The van der Waals surface area contributed by atoms with Crippen LogP contribution >= 0.6 is 27.5 Å².